The second-order valence-electron chi connectivity index (χ2n) is 8.28. The van der Waals surface area contributed by atoms with Gasteiger partial charge in [-0.2, -0.15) is 0 Å². The Labute approximate surface area is 154 Å². The van der Waals surface area contributed by atoms with Crippen LogP contribution < -0.4 is 5.32 Å². The largest absolute Gasteiger partial charge is 0.347 e. The Hall–Kier alpha value is -1.44. The summed E-state index contributed by atoms with van der Waals surface area (Å²) in [5, 5.41) is 3.28. The van der Waals surface area contributed by atoms with E-state index in [9.17, 15) is 13.2 Å². The molecule has 4 saturated carbocycles. The van der Waals surface area contributed by atoms with Crippen molar-refractivity contribution in [2.75, 3.05) is 14.2 Å². The maximum Gasteiger partial charge on any atom is 0.264 e. The first kappa shape index (κ1) is 17.9. The third-order valence-corrected chi connectivity index (χ3v) is 8.08. The molecule has 4 aliphatic carbocycles. The van der Waals surface area contributed by atoms with Crippen molar-refractivity contribution in [1.82, 2.24) is 9.79 Å². The highest BCUT2D eigenvalue weighted by molar-refractivity contribution is 7.89. The number of nitrogens with one attached hydrogen (secondary N) is 1. The maximum absolute atomic E-state index is 12.9. The fourth-order valence-electron chi connectivity index (χ4n) is 5.62. The topological polar surface area (TPSA) is 75.7 Å². The maximum atomic E-state index is 12.9. The van der Waals surface area contributed by atoms with Crippen LogP contribution in [0.2, 0.25) is 0 Å². The summed E-state index contributed by atoms with van der Waals surface area (Å²) in [6, 6.07) is 6.18. The van der Waals surface area contributed by atoms with Crippen molar-refractivity contribution in [2.24, 2.45) is 17.8 Å². The van der Waals surface area contributed by atoms with E-state index < -0.39 is 10.0 Å². The van der Waals surface area contributed by atoms with Crippen molar-refractivity contribution in [3.05, 3.63) is 29.8 Å². The molecule has 4 bridgehead atoms. The lowest BCUT2D eigenvalue weighted by atomic mass is 9.53. The molecule has 6 nitrogen and oxygen atoms in total. The molecule has 4 fully saturated rings. The molecule has 0 spiro atoms. The van der Waals surface area contributed by atoms with Gasteiger partial charge in [-0.1, -0.05) is 10.5 Å². The second kappa shape index (κ2) is 6.32. The van der Waals surface area contributed by atoms with E-state index in [1.807, 2.05) is 0 Å². The van der Waals surface area contributed by atoms with Crippen molar-refractivity contribution >= 4 is 15.9 Å². The van der Waals surface area contributed by atoms with Crippen molar-refractivity contribution in [2.45, 2.75) is 49.0 Å². The van der Waals surface area contributed by atoms with Crippen LogP contribution in [0.25, 0.3) is 0 Å². The first-order valence-electron chi connectivity index (χ1n) is 9.27. The van der Waals surface area contributed by atoms with Crippen molar-refractivity contribution in [1.29, 1.82) is 0 Å². The zero-order chi connectivity index (χ0) is 18.5. The Balaban J connectivity index is 1.55. The highest BCUT2D eigenvalue weighted by Gasteiger charge is 2.51. The van der Waals surface area contributed by atoms with Gasteiger partial charge in [-0.25, -0.2) is 8.42 Å². The summed E-state index contributed by atoms with van der Waals surface area (Å²) in [7, 11) is -1.14. The zero-order valence-corrected chi connectivity index (χ0v) is 16.1. The summed E-state index contributed by atoms with van der Waals surface area (Å²) < 4.78 is 25.6. The lowest BCUT2D eigenvalue weighted by Crippen LogP contribution is -2.59. The Morgan fingerprint density at radius 2 is 1.73 bits per heavy atom. The Morgan fingerprint density at radius 3 is 2.27 bits per heavy atom. The Morgan fingerprint density at radius 1 is 1.15 bits per heavy atom. The SMILES string of the molecule is CON(C)S(=O)(=O)c1cccc(C(=O)NC23CC4CC(CC(C4)C2)C3)c1. The van der Waals surface area contributed by atoms with E-state index in [4.69, 9.17) is 4.84 Å². The lowest BCUT2D eigenvalue weighted by Gasteiger charge is -2.56. The molecule has 7 heteroatoms. The molecule has 1 aromatic rings. The van der Waals surface area contributed by atoms with E-state index in [0.29, 0.717) is 5.56 Å². The van der Waals surface area contributed by atoms with Gasteiger partial charge in [0.05, 0.1) is 12.0 Å². The van der Waals surface area contributed by atoms with Crippen LogP contribution in [0, 0.1) is 17.8 Å². The molecule has 1 amide bonds. The average Bonchev–Trinajstić information content (AvgIpc) is 2.59. The first-order valence-corrected chi connectivity index (χ1v) is 10.7. The number of rotatable bonds is 5. The normalized spacial score (nSPS) is 32.8. The molecule has 0 unspecified atom stereocenters. The van der Waals surface area contributed by atoms with E-state index >= 15 is 0 Å². The summed E-state index contributed by atoms with van der Waals surface area (Å²) >= 11 is 0. The molecule has 5 rings (SSSR count). The van der Waals surface area contributed by atoms with Crippen molar-refractivity contribution in [3.8, 4) is 0 Å². The number of nitrogens with zero attached hydrogens (tertiary/aromatic N) is 1. The number of hydrogen-bond donors (Lipinski definition) is 1. The minimum Gasteiger partial charge on any atom is -0.347 e. The molecule has 0 aromatic heterocycles. The molecule has 0 saturated heterocycles. The second-order valence-corrected chi connectivity index (χ2v) is 10.2. The fraction of sp³-hybridized carbons (Fsp3) is 0.632. The third kappa shape index (κ3) is 3.06. The predicted octanol–water partition coefficient (Wildman–Crippen LogP) is 2.57. The molecule has 142 valence electrons. The van der Waals surface area contributed by atoms with Gasteiger partial charge in [-0.3, -0.25) is 9.63 Å². The number of amides is 1. The van der Waals surface area contributed by atoms with Gasteiger partial charge >= 0.3 is 0 Å². The van der Waals surface area contributed by atoms with Gasteiger partial charge in [0.2, 0.25) is 0 Å². The van der Waals surface area contributed by atoms with E-state index in [1.165, 1.54) is 45.6 Å². The summed E-state index contributed by atoms with van der Waals surface area (Å²) in [5.74, 6) is 2.04. The molecule has 0 atom stereocenters. The molecule has 0 radical (unpaired) electrons. The quantitative estimate of drug-likeness (QED) is 0.799. The fourth-order valence-corrected chi connectivity index (χ4v) is 6.64. The molecular formula is C19H26N2O4S. The van der Waals surface area contributed by atoms with Crippen LogP contribution in [0.4, 0.5) is 0 Å². The summed E-state index contributed by atoms with van der Waals surface area (Å²) in [5.41, 5.74) is 0.288. The number of carbonyl (C=O) groups is 1. The van der Waals surface area contributed by atoms with Crippen LogP contribution in [0.3, 0.4) is 0 Å². The summed E-state index contributed by atoms with van der Waals surface area (Å²) in [6.07, 6.45) is 7.13. The van der Waals surface area contributed by atoms with Crippen molar-refractivity contribution in [3.63, 3.8) is 0 Å². The molecule has 4 aliphatic rings. The number of sulfonamides is 1. The minimum absolute atomic E-state index is 0.0556. The number of carbonyl (C=O) groups excluding carboxylic acids is 1. The smallest absolute Gasteiger partial charge is 0.264 e. The average molecular weight is 378 g/mol. The van der Waals surface area contributed by atoms with Gasteiger partial charge in [-0.05, 0) is 74.5 Å². The van der Waals surface area contributed by atoms with Crippen molar-refractivity contribution < 1.29 is 18.0 Å². The van der Waals surface area contributed by atoms with Gasteiger partial charge in [0.1, 0.15) is 0 Å². The Bertz CT molecular complexity index is 785. The van der Waals surface area contributed by atoms with E-state index in [-0.39, 0.29) is 16.3 Å². The molecule has 0 heterocycles. The van der Waals surface area contributed by atoms with Gasteiger partial charge in [0.15, 0.2) is 0 Å². The highest BCUT2D eigenvalue weighted by atomic mass is 32.2. The molecular weight excluding hydrogens is 352 g/mol. The molecule has 26 heavy (non-hydrogen) atoms. The number of hydroxylamine groups is 1. The summed E-state index contributed by atoms with van der Waals surface area (Å²) in [4.78, 5) is 17.8. The van der Waals surface area contributed by atoms with Gasteiger partial charge < -0.3 is 5.32 Å². The number of benzene rings is 1. The Kier molecular flexibility index (Phi) is 4.36. The minimum atomic E-state index is -3.77. The van der Waals surface area contributed by atoms with Gasteiger partial charge in [-0.15, -0.1) is 0 Å². The van der Waals surface area contributed by atoms with Crippen LogP contribution in [0.1, 0.15) is 48.9 Å². The molecule has 1 N–H and O–H groups in total. The van der Waals surface area contributed by atoms with Crippen LogP contribution in [0.15, 0.2) is 29.2 Å². The lowest BCUT2D eigenvalue weighted by molar-refractivity contribution is -0.0258. The predicted molar refractivity (Wildman–Crippen MR) is 96.8 cm³/mol. The van der Waals surface area contributed by atoms with Crippen LogP contribution in [-0.4, -0.2) is 38.5 Å². The van der Waals surface area contributed by atoms with E-state index in [0.717, 1.165) is 41.5 Å². The van der Waals surface area contributed by atoms with Crippen LogP contribution in [-0.2, 0) is 14.9 Å². The number of hydrogen-bond acceptors (Lipinski definition) is 4. The highest BCUT2D eigenvalue weighted by Crippen LogP contribution is 2.55. The summed E-state index contributed by atoms with van der Waals surface area (Å²) in [6.45, 7) is 0. The zero-order valence-electron chi connectivity index (χ0n) is 15.3. The van der Waals surface area contributed by atoms with Crippen LogP contribution >= 0.6 is 0 Å². The van der Waals surface area contributed by atoms with Crippen LogP contribution in [0.5, 0.6) is 0 Å². The standard InChI is InChI=1S/C19H26N2O4S/c1-21(25-2)26(23,24)17-5-3-4-16(9-17)18(22)20-19-10-13-6-14(11-19)8-15(7-13)12-19/h3-5,9,13-15H,6-8,10-12H2,1-2H3,(H,20,22). The van der Waals surface area contributed by atoms with E-state index in [1.54, 1.807) is 12.1 Å². The van der Waals surface area contributed by atoms with Gasteiger partial charge in [0.25, 0.3) is 15.9 Å². The van der Waals surface area contributed by atoms with Gasteiger partial charge in [0, 0.05) is 18.2 Å². The monoisotopic (exact) mass is 378 g/mol. The van der Waals surface area contributed by atoms with E-state index in [2.05, 4.69) is 5.32 Å². The molecule has 0 aliphatic heterocycles. The third-order valence-electron chi connectivity index (χ3n) is 6.41. The molecule has 1 aromatic carbocycles. The first-order chi connectivity index (χ1) is 12.3.